The van der Waals surface area contributed by atoms with Gasteiger partial charge in [0.25, 0.3) is 0 Å². The number of carbonyl (C=O) groups excluding carboxylic acids is 1. The van der Waals surface area contributed by atoms with E-state index in [1.54, 1.807) is 19.9 Å². The van der Waals surface area contributed by atoms with Crippen LogP contribution < -0.4 is 10.4 Å². The van der Waals surface area contributed by atoms with Gasteiger partial charge in [0, 0.05) is 17.0 Å². The van der Waals surface area contributed by atoms with Crippen LogP contribution in [0.2, 0.25) is 0 Å². The van der Waals surface area contributed by atoms with Crippen molar-refractivity contribution in [2.75, 3.05) is 13.2 Å². The molecule has 0 aliphatic rings. The normalized spacial score (nSPS) is 10.7. The van der Waals surface area contributed by atoms with E-state index in [2.05, 4.69) is 6.58 Å². The Balaban J connectivity index is 1.51. The molecule has 33 heavy (non-hydrogen) atoms. The molecule has 0 spiro atoms. The van der Waals surface area contributed by atoms with Crippen molar-refractivity contribution in [1.82, 2.24) is 0 Å². The number of hydrogen-bond acceptors (Lipinski definition) is 6. The monoisotopic (exact) mass is 453 g/mol. The molecule has 0 saturated heterocycles. The average Bonchev–Trinajstić information content (AvgIpc) is 2.79. The zero-order chi connectivity index (χ0) is 24.1. The van der Waals surface area contributed by atoms with E-state index >= 15 is 0 Å². The van der Waals surface area contributed by atoms with Gasteiger partial charge in [-0.3, -0.25) is 0 Å². The Hall–Kier alpha value is -3.07. The lowest BCUT2D eigenvalue weighted by Crippen LogP contribution is -2.06. The summed E-state index contributed by atoms with van der Waals surface area (Å²) in [6.45, 7) is 8.10. The van der Waals surface area contributed by atoms with Crippen LogP contribution >= 0.6 is 0 Å². The fraction of sp³-hybridized carbons (Fsp3) is 0.519. The number of nitriles is 1. The van der Waals surface area contributed by atoms with E-state index in [1.165, 1.54) is 38.5 Å². The molecule has 0 aliphatic carbocycles. The first-order chi connectivity index (χ1) is 15.9. The fourth-order valence-corrected chi connectivity index (χ4v) is 3.65. The number of benzene rings is 1. The van der Waals surface area contributed by atoms with Gasteiger partial charge in [-0.25, -0.2) is 9.59 Å². The van der Waals surface area contributed by atoms with Gasteiger partial charge in [0.1, 0.15) is 23.0 Å². The first-order valence-corrected chi connectivity index (χ1v) is 11.9. The zero-order valence-corrected chi connectivity index (χ0v) is 19.9. The topological polar surface area (TPSA) is 89.5 Å². The number of fused-ring (bicyclic) bond motifs is 1. The maximum atomic E-state index is 11.9. The Bertz CT molecular complexity index is 1030. The molecule has 2 rings (SSSR count). The van der Waals surface area contributed by atoms with Gasteiger partial charge in [0.15, 0.2) is 0 Å². The Labute approximate surface area is 196 Å². The SMILES string of the molecule is C=C(C)C(=O)OCCCCCCCCCCCCOc1ccc2c(C)c(C#N)c(=O)oc2c1. The van der Waals surface area contributed by atoms with Crippen molar-refractivity contribution in [2.45, 2.75) is 78.1 Å². The minimum absolute atomic E-state index is 0.0535. The molecule has 0 aliphatic heterocycles. The standard InChI is InChI=1S/C27H35NO5/c1-20(2)26(29)32-17-13-11-9-7-5-4-6-8-10-12-16-31-22-14-15-23-21(3)24(19-28)27(30)33-25(23)18-22/h14-15,18H,1,4-13,16-17H2,2-3H3. The molecule has 0 atom stereocenters. The first-order valence-electron chi connectivity index (χ1n) is 11.9. The van der Waals surface area contributed by atoms with Crippen LogP contribution in [0.4, 0.5) is 0 Å². The van der Waals surface area contributed by atoms with Crippen molar-refractivity contribution in [1.29, 1.82) is 5.26 Å². The summed E-state index contributed by atoms with van der Waals surface area (Å²) >= 11 is 0. The second-order valence-corrected chi connectivity index (χ2v) is 8.46. The van der Waals surface area contributed by atoms with Gasteiger partial charge in [-0.2, -0.15) is 5.26 Å². The second kappa shape index (κ2) is 14.2. The molecule has 0 fully saturated rings. The summed E-state index contributed by atoms with van der Waals surface area (Å²) in [4.78, 5) is 23.1. The Morgan fingerprint density at radius 2 is 1.58 bits per heavy atom. The third kappa shape index (κ3) is 8.76. The quantitative estimate of drug-likeness (QED) is 0.135. The Kier molecular flexibility index (Phi) is 11.2. The van der Waals surface area contributed by atoms with Gasteiger partial charge in [0.2, 0.25) is 0 Å². The number of carbonyl (C=O) groups is 1. The Morgan fingerprint density at radius 3 is 2.15 bits per heavy atom. The largest absolute Gasteiger partial charge is 0.493 e. The highest BCUT2D eigenvalue weighted by Gasteiger charge is 2.11. The molecule has 6 heteroatoms. The molecule has 1 aromatic carbocycles. The molecule has 6 nitrogen and oxygen atoms in total. The van der Waals surface area contributed by atoms with Crippen LogP contribution in [0.15, 0.2) is 39.6 Å². The summed E-state index contributed by atoms with van der Waals surface area (Å²) in [5, 5.41) is 9.83. The predicted octanol–water partition coefficient (Wildman–Crippen LogP) is 6.37. The summed E-state index contributed by atoms with van der Waals surface area (Å²) in [5.74, 6) is 0.375. The van der Waals surface area contributed by atoms with Gasteiger partial charge in [-0.05, 0) is 44.4 Å². The number of rotatable bonds is 15. The summed E-state index contributed by atoms with van der Waals surface area (Å²) in [5.41, 5.74) is 0.985. The van der Waals surface area contributed by atoms with Crippen molar-refractivity contribution in [2.24, 2.45) is 0 Å². The lowest BCUT2D eigenvalue weighted by Gasteiger charge is -2.08. The molecule has 178 valence electrons. The molecule has 1 heterocycles. The molecular formula is C27H35NO5. The number of hydrogen-bond donors (Lipinski definition) is 0. The second-order valence-electron chi connectivity index (χ2n) is 8.46. The molecule has 0 bridgehead atoms. The van der Waals surface area contributed by atoms with Crippen LogP contribution in [-0.4, -0.2) is 19.2 Å². The molecule has 0 saturated carbocycles. The van der Waals surface area contributed by atoms with Gasteiger partial charge in [-0.1, -0.05) is 57.9 Å². The third-order valence-corrected chi connectivity index (χ3v) is 5.64. The molecule has 0 amide bonds. The number of unbranched alkanes of at least 4 members (excludes halogenated alkanes) is 9. The number of nitrogens with zero attached hydrogens (tertiary/aromatic N) is 1. The maximum Gasteiger partial charge on any atom is 0.354 e. The predicted molar refractivity (Wildman–Crippen MR) is 129 cm³/mol. The minimum atomic E-state index is -0.608. The zero-order valence-electron chi connectivity index (χ0n) is 19.9. The van der Waals surface area contributed by atoms with Gasteiger partial charge in [-0.15, -0.1) is 0 Å². The summed E-state index contributed by atoms with van der Waals surface area (Å²) in [6.07, 6.45) is 11.5. The number of aryl methyl sites for hydroxylation is 1. The molecule has 0 N–H and O–H groups in total. The van der Waals surface area contributed by atoms with Crippen LogP contribution in [-0.2, 0) is 9.53 Å². The maximum absolute atomic E-state index is 11.9. The highest BCUT2D eigenvalue weighted by molar-refractivity contribution is 5.86. The van der Waals surface area contributed by atoms with Crippen molar-refractivity contribution < 1.29 is 18.7 Å². The van der Waals surface area contributed by atoms with E-state index in [0.29, 0.717) is 35.7 Å². The van der Waals surface area contributed by atoms with Crippen molar-refractivity contribution >= 4 is 16.9 Å². The average molecular weight is 454 g/mol. The minimum Gasteiger partial charge on any atom is -0.493 e. The van der Waals surface area contributed by atoms with Crippen molar-refractivity contribution in [3.8, 4) is 11.8 Å². The fourth-order valence-electron chi connectivity index (χ4n) is 3.65. The van der Waals surface area contributed by atoms with E-state index in [9.17, 15) is 9.59 Å². The van der Waals surface area contributed by atoms with Crippen LogP contribution in [0.5, 0.6) is 5.75 Å². The lowest BCUT2D eigenvalue weighted by atomic mass is 10.1. The van der Waals surface area contributed by atoms with Gasteiger partial charge in [0.05, 0.1) is 13.2 Å². The molecule has 0 unspecified atom stereocenters. The molecule has 0 radical (unpaired) electrons. The van der Waals surface area contributed by atoms with E-state index in [0.717, 1.165) is 31.1 Å². The van der Waals surface area contributed by atoms with Crippen LogP contribution in [0.3, 0.4) is 0 Å². The first kappa shape index (κ1) is 26.2. The summed E-state index contributed by atoms with van der Waals surface area (Å²) in [6, 6.07) is 7.30. The molecular weight excluding hydrogens is 418 g/mol. The third-order valence-electron chi connectivity index (χ3n) is 5.64. The molecule has 1 aromatic heterocycles. The molecule has 2 aromatic rings. The Morgan fingerprint density at radius 1 is 1.00 bits per heavy atom. The van der Waals surface area contributed by atoms with Gasteiger partial charge >= 0.3 is 11.6 Å². The van der Waals surface area contributed by atoms with E-state index in [-0.39, 0.29) is 11.5 Å². The van der Waals surface area contributed by atoms with E-state index in [4.69, 9.17) is 19.2 Å². The summed E-state index contributed by atoms with van der Waals surface area (Å²) in [7, 11) is 0. The smallest absolute Gasteiger partial charge is 0.354 e. The van der Waals surface area contributed by atoms with Crippen molar-refractivity contribution in [3.63, 3.8) is 0 Å². The van der Waals surface area contributed by atoms with E-state index < -0.39 is 5.63 Å². The summed E-state index contributed by atoms with van der Waals surface area (Å²) < 4.78 is 16.2. The van der Waals surface area contributed by atoms with Crippen LogP contribution in [0.1, 0.15) is 82.3 Å². The highest BCUT2D eigenvalue weighted by atomic mass is 16.5. The van der Waals surface area contributed by atoms with E-state index in [1.807, 2.05) is 18.2 Å². The van der Waals surface area contributed by atoms with Crippen LogP contribution in [0, 0.1) is 18.3 Å². The highest BCUT2D eigenvalue weighted by Crippen LogP contribution is 2.24. The van der Waals surface area contributed by atoms with Crippen molar-refractivity contribution in [3.05, 3.63) is 51.9 Å². The number of ether oxygens (including phenoxy) is 2. The number of esters is 1. The van der Waals surface area contributed by atoms with Gasteiger partial charge < -0.3 is 13.9 Å². The lowest BCUT2D eigenvalue weighted by molar-refractivity contribution is -0.139. The van der Waals surface area contributed by atoms with Crippen LogP contribution in [0.25, 0.3) is 11.0 Å².